The van der Waals surface area contributed by atoms with Crippen LogP contribution in [0.3, 0.4) is 0 Å². The van der Waals surface area contributed by atoms with Crippen LogP contribution >= 0.6 is 12.4 Å². The van der Waals surface area contributed by atoms with E-state index in [4.69, 9.17) is 24.7 Å². The summed E-state index contributed by atoms with van der Waals surface area (Å²) in [5, 5.41) is 0. The lowest BCUT2D eigenvalue weighted by Crippen LogP contribution is -2.63. The Labute approximate surface area is 221 Å². The zero-order valence-corrected chi connectivity index (χ0v) is 21.7. The third-order valence-electron chi connectivity index (χ3n) is 6.39. The maximum atomic E-state index is 6.74. The molecule has 5 nitrogen and oxygen atoms in total. The lowest BCUT2D eigenvalue weighted by Gasteiger charge is -2.45. The van der Waals surface area contributed by atoms with Crippen molar-refractivity contribution in [2.45, 2.75) is 70.0 Å². The summed E-state index contributed by atoms with van der Waals surface area (Å²) in [6.45, 7) is 4.01. The molecule has 4 rings (SSSR count). The van der Waals surface area contributed by atoms with Gasteiger partial charge >= 0.3 is 0 Å². The number of hydrogen-bond acceptors (Lipinski definition) is 5. The standard InChI is InChI=1S/C30H37NO4.ClH/c1-2-12-26-28(31)30(34-21-25-17-10-5-11-18-25)29(33-20-24-15-8-4-9-16-24)27(35-26)22-32-19-23-13-6-3-7-14-23;/h3-11,13-18,26-30H,2,12,19-22,31H2,1H3;1H/t26-,27-,28+,29+,30-;/m1./s1. The Hall–Kier alpha value is -2.25. The minimum Gasteiger partial charge on any atom is -0.374 e. The minimum atomic E-state index is -0.349. The van der Waals surface area contributed by atoms with Gasteiger partial charge in [0.15, 0.2) is 0 Å². The Morgan fingerprint density at radius 2 is 1.14 bits per heavy atom. The van der Waals surface area contributed by atoms with Gasteiger partial charge in [0.1, 0.15) is 18.3 Å². The van der Waals surface area contributed by atoms with Crippen LogP contribution < -0.4 is 5.73 Å². The van der Waals surface area contributed by atoms with Crippen molar-refractivity contribution in [1.29, 1.82) is 0 Å². The van der Waals surface area contributed by atoms with E-state index >= 15 is 0 Å². The quantitative estimate of drug-likeness (QED) is 0.338. The van der Waals surface area contributed by atoms with E-state index in [-0.39, 0.29) is 42.9 Å². The summed E-state index contributed by atoms with van der Waals surface area (Å²) in [7, 11) is 0. The van der Waals surface area contributed by atoms with Crippen LogP contribution in [0.15, 0.2) is 91.0 Å². The van der Waals surface area contributed by atoms with Crippen LogP contribution in [0.4, 0.5) is 0 Å². The van der Waals surface area contributed by atoms with Gasteiger partial charge in [0.05, 0.1) is 38.6 Å². The first-order valence-electron chi connectivity index (χ1n) is 12.6. The van der Waals surface area contributed by atoms with Crippen molar-refractivity contribution in [1.82, 2.24) is 0 Å². The normalized spacial score (nSPS) is 23.7. The van der Waals surface area contributed by atoms with Crippen molar-refractivity contribution in [3.63, 3.8) is 0 Å². The van der Waals surface area contributed by atoms with Crippen LogP contribution in [0, 0.1) is 0 Å². The molecule has 1 aliphatic heterocycles. The van der Waals surface area contributed by atoms with Crippen molar-refractivity contribution >= 4 is 12.4 Å². The lowest BCUT2D eigenvalue weighted by atomic mass is 9.90. The van der Waals surface area contributed by atoms with Crippen molar-refractivity contribution < 1.29 is 18.9 Å². The molecule has 6 heteroatoms. The Morgan fingerprint density at radius 3 is 1.64 bits per heavy atom. The molecule has 0 unspecified atom stereocenters. The van der Waals surface area contributed by atoms with E-state index in [9.17, 15) is 0 Å². The van der Waals surface area contributed by atoms with Gasteiger partial charge in [-0.3, -0.25) is 0 Å². The molecule has 36 heavy (non-hydrogen) atoms. The summed E-state index contributed by atoms with van der Waals surface area (Å²) >= 11 is 0. The number of nitrogens with two attached hydrogens (primary N) is 1. The first-order chi connectivity index (χ1) is 17.2. The Bertz CT molecular complexity index is 976. The van der Waals surface area contributed by atoms with Crippen LogP contribution in [0.1, 0.15) is 36.5 Å². The van der Waals surface area contributed by atoms with Gasteiger partial charge in [0.25, 0.3) is 0 Å². The number of ether oxygens (including phenoxy) is 4. The molecule has 0 bridgehead atoms. The van der Waals surface area contributed by atoms with Gasteiger partial charge in [-0.05, 0) is 23.1 Å². The van der Waals surface area contributed by atoms with Crippen molar-refractivity contribution in [2.75, 3.05) is 6.61 Å². The van der Waals surface area contributed by atoms with E-state index < -0.39 is 0 Å². The second-order valence-corrected chi connectivity index (χ2v) is 9.10. The molecule has 3 aromatic rings. The highest BCUT2D eigenvalue weighted by Gasteiger charge is 2.45. The average molecular weight is 512 g/mol. The van der Waals surface area contributed by atoms with Crippen molar-refractivity contribution in [2.24, 2.45) is 5.73 Å². The molecule has 0 aliphatic carbocycles. The van der Waals surface area contributed by atoms with Crippen molar-refractivity contribution in [3.05, 3.63) is 108 Å². The van der Waals surface area contributed by atoms with Crippen LogP contribution in [0.2, 0.25) is 0 Å². The zero-order chi connectivity index (χ0) is 24.3. The number of benzene rings is 3. The summed E-state index contributed by atoms with van der Waals surface area (Å²) in [5.74, 6) is 0. The fourth-order valence-electron chi connectivity index (χ4n) is 4.52. The monoisotopic (exact) mass is 511 g/mol. The van der Waals surface area contributed by atoms with Gasteiger partial charge in [-0.2, -0.15) is 0 Å². The third-order valence-corrected chi connectivity index (χ3v) is 6.39. The van der Waals surface area contributed by atoms with Gasteiger partial charge in [-0.1, -0.05) is 104 Å². The van der Waals surface area contributed by atoms with Gasteiger partial charge in [-0.15, -0.1) is 12.4 Å². The first kappa shape index (κ1) is 28.3. The smallest absolute Gasteiger partial charge is 0.114 e. The second kappa shape index (κ2) is 15.1. The van der Waals surface area contributed by atoms with Crippen LogP contribution in [0.5, 0.6) is 0 Å². The highest BCUT2D eigenvalue weighted by Crippen LogP contribution is 2.29. The Balaban J connectivity index is 0.00000361. The van der Waals surface area contributed by atoms with Crippen LogP contribution in [-0.2, 0) is 38.8 Å². The molecule has 1 heterocycles. The molecule has 1 aliphatic rings. The summed E-state index contributed by atoms with van der Waals surface area (Å²) in [6.07, 6.45) is 0.804. The van der Waals surface area contributed by atoms with Crippen molar-refractivity contribution in [3.8, 4) is 0 Å². The predicted molar refractivity (Wildman–Crippen MR) is 145 cm³/mol. The fourth-order valence-corrected chi connectivity index (χ4v) is 4.52. The molecule has 1 saturated heterocycles. The van der Waals surface area contributed by atoms with E-state index in [1.807, 2.05) is 54.6 Å². The summed E-state index contributed by atoms with van der Waals surface area (Å²) in [4.78, 5) is 0. The maximum absolute atomic E-state index is 6.74. The number of halogens is 1. The van der Waals surface area contributed by atoms with Gasteiger partial charge < -0.3 is 24.7 Å². The molecular formula is C30H38ClNO4. The average Bonchev–Trinajstić information content (AvgIpc) is 2.90. The molecule has 0 amide bonds. The van der Waals surface area contributed by atoms with Gasteiger partial charge in [-0.25, -0.2) is 0 Å². The summed E-state index contributed by atoms with van der Waals surface area (Å²) in [5.41, 5.74) is 10.1. The highest BCUT2D eigenvalue weighted by molar-refractivity contribution is 5.85. The molecule has 0 aromatic heterocycles. The maximum Gasteiger partial charge on any atom is 0.114 e. The molecule has 0 spiro atoms. The number of hydrogen-bond donors (Lipinski definition) is 1. The lowest BCUT2D eigenvalue weighted by molar-refractivity contribution is -0.229. The first-order valence-corrected chi connectivity index (χ1v) is 12.6. The molecule has 3 aromatic carbocycles. The van der Waals surface area contributed by atoms with Crippen LogP contribution in [-0.4, -0.2) is 37.1 Å². The molecule has 5 atom stereocenters. The Kier molecular flexibility index (Phi) is 11.9. The summed E-state index contributed by atoms with van der Waals surface area (Å²) in [6, 6.07) is 30.2. The van der Waals surface area contributed by atoms with Crippen LogP contribution in [0.25, 0.3) is 0 Å². The molecule has 2 N–H and O–H groups in total. The second-order valence-electron chi connectivity index (χ2n) is 9.10. The molecule has 194 valence electrons. The molecule has 0 saturated carbocycles. The van der Waals surface area contributed by atoms with Gasteiger partial charge in [0.2, 0.25) is 0 Å². The molecule has 0 radical (unpaired) electrons. The molecular weight excluding hydrogens is 474 g/mol. The predicted octanol–water partition coefficient (Wildman–Crippen LogP) is 5.69. The number of rotatable bonds is 12. The third kappa shape index (κ3) is 8.13. The topological polar surface area (TPSA) is 62.9 Å². The van der Waals surface area contributed by atoms with E-state index in [1.165, 1.54) is 0 Å². The SMILES string of the molecule is CCC[C@H]1O[C@H](COCc2ccccc2)[C@H](OCc2ccccc2)[C@H](OCc2ccccc2)[C@H]1N.Cl. The van der Waals surface area contributed by atoms with E-state index in [1.54, 1.807) is 0 Å². The molecule has 1 fully saturated rings. The van der Waals surface area contributed by atoms with Gasteiger partial charge in [0, 0.05) is 0 Å². The highest BCUT2D eigenvalue weighted by atomic mass is 35.5. The van der Waals surface area contributed by atoms with E-state index in [0.717, 1.165) is 29.5 Å². The largest absolute Gasteiger partial charge is 0.374 e. The zero-order valence-electron chi connectivity index (χ0n) is 20.9. The summed E-state index contributed by atoms with van der Waals surface area (Å²) < 4.78 is 25.6. The van der Waals surface area contributed by atoms with E-state index in [0.29, 0.717) is 26.4 Å². The van der Waals surface area contributed by atoms with E-state index in [2.05, 4.69) is 43.3 Å². The minimum absolute atomic E-state index is 0. The fraction of sp³-hybridized carbons (Fsp3) is 0.400. The Morgan fingerprint density at radius 1 is 0.667 bits per heavy atom.